The number of hydrogen-bond acceptors (Lipinski definition) is 2. The molecule has 0 saturated carbocycles. The maximum atomic E-state index is 4.24. The smallest absolute Gasteiger partial charge is 0.0568 e. The van der Waals surface area contributed by atoms with Gasteiger partial charge in [-0.3, -0.25) is 9.67 Å². The van der Waals surface area contributed by atoms with Crippen LogP contribution in [0.25, 0.3) is 11.1 Å². The van der Waals surface area contributed by atoms with Crippen LogP contribution in [0.15, 0.2) is 30.9 Å². The molecule has 0 radical (unpaired) electrons. The van der Waals surface area contributed by atoms with E-state index in [9.17, 15) is 0 Å². The predicted octanol–water partition coefficient (Wildman–Crippen LogP) is 2.27. The molecule has 0 aromatic carbocycles. The van der Waals surface area contributed by atoms with Gasteiger partial charge in [0, 0.05) is 36.3 Å². The van der Waals surface area contributed by atoms with Gasteiger partial charge >= 0.3 is 0 Å². The van der Waals surface area contributed by atoms with Crippen LogP contribution in [0.1, 0.15) is 12.5 Å². The molecule has 0 fully saturated rings. The number of aryl methyl sites for hydroxylation is 2. The standard InChI is InChI=1S/C11H13N3/c1-3-14-8-10(6-13-14)11-7-12-5-4-9(11)2/h4-8H,3H2,1-2H3. The van der Waals surface area contributed by atoms with Gasteiger partial charge in [-0.2, -0.15) is 5.10 Å². The summed E-state index contributed by atoms with van der Waals surface area (Å²) < 4.78 is 1.92. The quantitative estimate of drug-likeness (QED) is 0.722. The van der Waals surface area contributed by atoms with Gasteiger partial charge in [0.1, 0.15) is 0 Å². The van der Waals surface area contributed by atoms with Crippen molar-refractivity contribution in [1.29, 1.82) is 0 Å². The Morgan fingerprint density at radius 2 is 2.21 bits per heavy atom. The minimum Gasteiger partial charge on any atom is -0.272 e. The van der Waals surface area contributed by atoms with Crippen LogP contribution in [0, 0.1) is 6.92 Å². The van der Waals surface area contributed by atoms with E-state index in [1.165, 1.54) is 5.56 Å². The largest absolute Gasteiger partial charge is 0.272 e. The molecule has 2 aromatic heterocycles. The third-order valence-corrected chi connectivity index (χ3v) is 2.31. The summed E-state index contributed by atoms with van der Waals surface area (Å²) >= 11 is 0. The third-order valence-electron chi connectivity index (χ3n) is 2.31. The molecule has 0 aliphatic carbocycles. The van der Waals surface area contributed by atoms with Crippen LogP contribution in [-0.2, 0) is 6.54 Å². The second kappa shape index (κ2) is 3.62. The first-order valence-electron chi connectivity index (χ1n) is 4.74. The van der Waals surface area contributed by atoms with Crippen LogP contribution in [0.5, 0.6) is 0 Å². The molecule has 0 amide bonds. The number of aromatic nitrogens is 3. The lowest BCUT2D eigenvalue weighted by Gasteiger charge is -2.00. The fourth-order valence-corrected chi connectivity index (χ4v) is 1.44. The van der Waals surface area contributed by atoms with E-state index in [0.717, 1.165) is 17.7 Å². The summed E-state index contributed by atoms with van der Waals surface area (Å²) in [5.41, 5.74) is 3.53. The lowest BCUT2D eigenvalue weighted by atomic mass is 10.1. The molecular formula is C11H13N3. The fraction of sp³-hybridized carbons (Fsp3) is 0.273. The average molecular weight is 187 g/mol. The Morgan fingerprint density at radius 3 is 2.86 bits per heavy atom. The third kappa shape index (κ3) is 1.53. The highest BCUT2D eigenvalue weighted by Gasteiger charge is 2.03. The van der Waals surface area contributed by atoms with E-state index >= 15 is 0 Å². The molecule has 3 heteroatoms. The molecule has 0 atom stereocenters. The van der Waals surface area contributed by atoms with Crippen LogP contribution >= 0.6 is 0 Å². The van der Waals surface area contributed by atoms with Crippen molar-refractivity contribution in [3.63, 3.8) is 0 Å². The Hall–Kier alpha value is -1.64. The summed E-state index contributed by atoms with van der Waals surface area (Å²) in [6, 6.07) is 2.01. The van der Waals surface area contributed by atoms with Gasteiger partial charge < -0.3 is 0 Å². The molecule has 0 N–H and O–H groups in total. The Labute approximate surface area is 83.4 Å². The lowest BCUT2D eigenvalue weighted by molar-refractivity contribution is 0.660. The molecular weight excluding hydrogens is 174 g/mol. The second-order valence-electron chi connectivity index (χ2n) is 3.28. The van der Waals surface area contributed by atoms with E-state index in [4.69, 9.17) is 0 Å². The van der Waals surface area contributed by atoms with Crippen LogP contribution in [0.4, 0.5) is 0 Å². The van der Waals surface area contributed by atoms with Gasteiger partial charge in [0.05, 0.1) is 6.20 Å². The maximum Gasteiger partial charge on any atom is 0.0568 e. The van der Waals surface area contributed by atoms with Crippen molar-refractivity contribution >= 4 is 0 Å². The molecule has 72 valence electrons. The minimum absolute atomic E-state index is 0.902. The van der Waals surface area contributed by atoms with E-state index < -0.39 is 0 Å². The molecule has 14 heavy (non-hydrogen) atoms. The summed E-state index contributed by atoms with van der Waals surface area (Å²) in [6.45, 7) is 5.06. The Morgan fingerprint density at radius 1 is 1.36 bits per heavy atom. The summed E-state index contributed by atoms with van der Waals surface area (Å²) in [7, 11) is 0. The van der Waals surface area contributed by atoms with Gasteiger partial charge in [-0.25, -0.2) is 0 Å². The molecule has 0 aliphatic rings. The summed E-state index contributed by atoms with van der Waals surface area (Å²) in [4.78, 5) is 4.12. The van der Waals surface area contributed by atoms with Crippen LogP contribution < -0.4 is 0 Å². The van der Waals surface area contributed by atoms with Crippen LogP contribution in [0.2, 0.25) is 0 Å². The topological polar surface area (TPSA) is 30.7 Å². The van der Waals surface area contributed by atoms with E-state index in [-0.39, 0.29) is 0 Å². The van der Waals surface area contributed by atoms with Crippen molar-refractivity contribution in [2.75, 3.05) is 0 Å². The Kier molecular flexibility index (Phi) is 2.31. The molecule has 0 saturated heterocycles. The predicted molar refractivity (Wildman–Crippen MR) is 55.9 cm³/mol. The molecule has 0 unspecified atom stereocenters. The van der Waals surface area contributed by atoms with Gasteiger partial charge in [0.25, 0.3) is 0 Å². The first-order chi connectivity index (χ1) is 6.81. The van der Waals surface area contributed by atoms with Crippen molar-refractivity contribution in [1.82, 2.24) is 14.8 Å². The lowest BCUT2D eigenvalue weighted by Crippen LogP contribution is -1.92. The summed E-state index contributed by atoms with van der Waals surface area (Å²) in [5, 5.41) is 4.24. The number of rotatable bonds is 2. The molecule has 3 nitrogen and oxygen atoms in total. The highest BCUT2D eigenvalue weighted by molar-refractivity contribution is 5.64. The van der Waals surface area contributed by atoms with Crippen molar-refractivity contribution in [3.8, 4) is 11.1 Å². The Balaban J connectivity index is 2.44. The Bertz CT molecular complexity index is 432. The molecule has 2 aromatic rings. The van der Waals surface area contributed by atoms with Crippen molar-refractivity contribution in [3.05, 3.63) is 36.4 Å². The normalized spacial score (nSPS) is 10.4. The monoisotopic (exact) mass is 187 g/mol. The first kappa shape index (κ1) is 8.94. The van der Waals surface area contributed by atoms with Crippen LogP contribution in [0.3, 0.4) is 0 Å². The van der Waals surface area contributed by atoms with E-state index in [2.05, 4.69) is 23.9 Å². The minimum atomic E-state index is 0.902. The van der Waals surface area contributed by atoms with E-state index in [1.807, 2.05) is 35.5 Å². The number of hydrogen-bond donors (Lipinski definition) is 0. The zero-order valence-corrected chi connectivity index (χ0v) is 8.44. The van der Waals surface area contributed by atoms with Gasteiger partial charge in [-0.15, -0.1) is 0 Å². The zero-order chi connectivity index (χ0) is 9.97. The number of pyridine rings is 1. The molecule has 0 bridgehead atoms. The molecule has 2 heterocycles. The average Bonchev–Trinajstić information content (AvgIpc) is 2.67. The molecule has 0 spiro atoms. The first-order valence-corrected chi connectivity index (χ1v) is 4.74. The van der Waals surface area contributed by atoms with E-state index in [0.29, 0.717) is 0 Å². The highest BCUT2D eigenvalue weighted by atomic mass is 15.3. The summed E-state index contributed by atoms with van der Waals surface area (Å²) in [6.07, 6.45) is 7.62. The van der Waals surface area contributed by atoms with Crippen LogP contribution in [-0.4, -0.2) is 14.8 Å². The van der Waals surface area contributed by atoms with Gasteiger partial charge in [-0.1, -0.05) is 0 Å². The zero-order valence-electron chi connectivity index (χ0n) is 8.44. The van der Waals surface area contributed by atoms with Gasteiger partial charge in [0.2, 0.25) is 0 Å². The van der Waals surface area contributed by atoms with Gasteiger partial charge in [-0.05, 0) is 25.5 Å². The second-order valence-corrected chi connectivity index (χ2v) is 3.28. The maximum absolute atomic E-state index is 4.24. The molecule has 2 rings (SSSR count). The number of nitrogens with zero attached hydrogens (tertiary/aromatic N) is 3. The highest BCUT2D eigenvalue weighted by Crippen LogP contribution is 2.20. The fourth-order valence-electron chi connectivity index (χ4n) is 1.44. The summed E-state index contributed by atoms with van der Waals surface area (Å²) in [5.74, 6) is 0. The SMILES string of the molecule is CCn1cc(-c2cnccc2C)cn1. The van der Waals surface area contributed by atoms with Crippen molar-refractivity contribution in [2.45, 2.75) is 20.4 Å². The van der Waals surface area contributed by atoms with Crippen molar-refractivity contribution in [2.24, 2.45) is 0 Å². The molecule has 0 aliphatic heterocycles. The van der Waals surface area contributed by atoms with E-state index in [1.54, 1.807) is 0 Å². The van der Waals surface area contributed by atoms with Crippen molar-refractivity contribution < 1.29 is 0 Å². The van der Waals surface area contributed by atoms with Gasteiger partial charge in [0.15, 0.2) is 0 Å².